The Kier molecular flexibility index (Phi) is 4.93. The molecule has 0 saturated heterocycles. The lowest BCUT2D eigenvalue weighted by atomic mass is 10.2. The lowest BCUT2D eigenvalue weighted by Gasteiger charge is -2.14. The zero-order valence-corrected chi connectivity index (χ0v) is 12.9. The summed E-state index contributed by atoms with van der Waals surface area (Å²) in [6.07, 6.45) is 0.961. The molecule has 0 bridgehead atoms. The fourth-order valence-electron chi connectivity index (χ4n) is 1.96. The second-order valence-corrected chi connectivity index (χ2v) is 5.17. The monoisotopic (exact) mass is 285 g/mol. The van der Waals surface area contributed by atoms with Crippen LogP contribution < -0.4 is 20.7 Å². The maximum atomic E-state index is 5.92. The molecule has 2 rings (SSSR count). The third-order valence-electron chi connectivity index (χ3n) is 3.15. The van der Waals surface area contributed by atoms with Crippen molar-refractivity contribution in [2.75, 3.05) is 36.7 Å². The van der Waals surface area contributed by atoms with Crippen LogP contribution in [0.3, 0.4) is 0 Å². The molecular formula is C17H23N3O. The normalized spacial score (nSPS) is 10.2. The molecule has 4 heteroatoms. The summed E-state index contributed by atoms with van der Waals surface area (Å²) in [4.78, 5) is 2.07. The number of rotatable bonds is 6. The topological polar surface area (TPSA) is 50.5 Å². The van der Waals surface area contributed by atoms with Crippen molar-refractivity contribution in [3.8, 4) is 5.75 Å². The third-order valence-corrected chi connectivity index (χ3v) is 3.15. The van der Waals surface area contributed by atoms with Gasteiger partial charge in [0.25, 0.3) is 0 Å². The summed E-state index contributed by atoms with van der Waals surface area (Å²) in [5.41, 5.74) is 9.75. The summed E-state index contributed by atoms with van der Waals surface area (Å²) < 4.78 is 5.64. The Bertz CT molecular complexity index is 579. The quantitative estimate of drug-likeness (QED) is 0.791. The smallest absolute Gasteiger partial charge is 0.144 e. The molecule has 3 N–H and O–H groups in total. The number of hydrogen-bond donors (Lipinski definition) is 2. The van der Waals surface area contributed by atoms with Crippen molar-refractivity contribution in [1.82, 2.24) is 0 Å². The average Bonchev–Trinajstić information content (AvgIpc) is 2.48. The van der Waals surface area contributed by atoms with Gasteiger partial charge >= 0.3 is 0 Å². The van der Waals surface area contributed by atoms with Crippen LogP contribution in [0.2, 0.25) is 0 Å². The number of nitrogens with two attached hydrogens (primary N) is 1. The molecule has 21 heavy (non-hydrogen) atoms. The zero-order valence-electron chi connectivity index (χ0n) is 12.9. The van der Waals surface area contributed by atoms with Gasteiger partial charge in [-0.2, -0.15) is 0 Å². The van der Waals surface area contributed by atoms with Gasteiger partial charge in [0.2, 0.25) is 0 Å². The first-order valence-electron chi connectivity index (χ1n) is 7.17. The second-order valence-electron chi connectivity index (χ2n) is 5.17. The molecule has 0 heterocycles. The zero-order chi connectivity index (χ0) is 15.2. The lowest BCUT2D eigenvalue weighted by Crippen LogP contribution is -2.08. The van der Waals surface area contributed by atoms with Crippen LogP contribution >= 0.6 is 0 Å². The van der Waals surface area contributed by atoms with E-state index in [2.05, 4.69) is 41.4 Å². The van der Waals surface area contributed by atoms with Crippen molar-refractivity contribution in [1.29, 1.82) is 0 Å². The highest BCUT2D eigenvalue weighted by molar-refractivity contribution is 5.68. The fraction of sp³-hybridized carbons (Fsp3) is 0.294. The van der Waals surface area contributed by atoms with Gasteiger partial charge in [0.1, 0.15) is 5.75 Å². The maximum absolute atomic E-state index is 5.92. The molecule has 112 valence electrons. The van der Waals surface area contributed by atoms with Gasteiger partial charge in [-0.3, -0.25) is 0 Å². The van der Waals surface area contributed by atoms with Crippen LogP contribution in [-0.4, -0.2) is 20.7 Å². The largest absolute Gasteiger partial charge is 0.491 e. The van der Waals surface area contributed by atoms with E-state index in [1.54, 1.807) is 0 Å². The van der Waals surface area contributed by atoms with Crippen molar-refractivity contribution in [2.24, 2.45) is 0 Å². The highest BCUT2D eigenvalue weighted by Gasteiger charge is 2.03. The van der Waals surface area contributed by atoms with Crippen LogP contribution in [0.1, 0.15) is 13.3 Å². The molecule has 0 amide bonds. The van der Waals surface area contributed by atoms with Crippen LogP contribution in [0, 0.1) is 0 Å². The first-order chi connectivity index (χ1) is 10.1. The van der Waals surface area contributed by atoms with Gasteiger partial charge in [0.15, 0.2) is 0 Å². The molecule has 0 aliphatic carbocycles. The Morgan fingerprint density at radius 3 is 2.33 bits per heavy atom. The van der Waals surface area contributed by atoms with Crippen LogP contribution in [0.25, 0.3) is 0 Å². The Hall–Kier alpha value is -2.36. The summed E-state index contributed by atoms with van der Waals surface area (Å²) in [5, 5.41) is 3.36. The molecular weight excluding hydrogens is 262 g/mol. The molecule has 0 aliphatic rings. The van der Waals surface area contributed by atoms with Gasteiger partial charge in [-0.25, -0.2) is 0 Å². The van der Waals surface area contributed by atoms with Crippen molar-refractivity contribution in [3.63, 3.8) is 0 Å². The van der Waals surface area contributed by atoms with Gasteiger partial charge < -0.3 is 20.7 Å². The standard InChI is InChI=1S/C17H23N3O/c1-4-11-21-17-12-14(7-10-16(17)18)19-13-5-8-15(9-6-13)20(2)3/h5-10,12,19H,4,11,18H2,1-3H3. The molecule has 0 fully saturated rings. The molecule has 0 aromatic heterocycles. The summed E-state index contributed by atoms with van der Waals surface area (Å²) >= 11 is 0. The number of nitrogens with zero attached hydrogens (tertiary/aromatic N) is 1. The lowest BCUT2D eigenvalue weighted by molar-refractivity contribution is 0.319. The van der Waals surface area contributed by atoms with E-state index in [4.69, 9.17) is 10.5 Å². The third kappa shape index (κ3) is 4.05. The Morgan fingerprint density at radius 2 is 1.71 bits per heavy atom. The Labute approximate surface area is 126 Å². The minimum absolute atomic E-state index is 0.664. The highest BCUT2D eigenvalue weighted by Crippen LogP contribution is 2.28. The number of nitrogens with one attached hydrogen (secondary N) is 1. The van der Waals surface area contributed by atoms with Gasteiger partial charge in [-0.05, 0) is 42.8 Å². The Balaban J connectivity index is 2.11. The molecule has 0 spiro atoms. The number of benzene rings is 2. The highest BCUT2D eigenvalue weighted by atomic mass is 16.5. The van der Waals surface area contributed by atoms with Gasteiger partial charge in [0, 0.05) is 37.2 Å². The number of anilines is 4. The van der Waals surface area contributed by atoms with Crippen molar-refractivity contribution in [2.45, 2.75) is 13.3 Å². The van der Waals surface area contributed by atoms with E-state index >= 15 is 0 Å². The molecule has 2 aromatic carbocycles. The fourth-order valence-corrected chi connectivity index (χ4v) is 1.96. The van der Waals surface area contributed by atoms with Crippen molar-refractivity contribution < 1.29 is 4.74 Å². The second kappa shape index (κ2) is 6.88. The van der Waals surface area contributed by atoms with Crippen LogP contribution in [0.15, 0.2) is 42.5 Å². The molecule has 0 saturated carbocycles. The van der Waals surface area contributed by atoms with Crippen LogP contribution in [0.5, 0.6) is 5.75 Å². The number of nitrogen functional groups attached to an aromatic ring is 1. The first-order valence-corrected chi connectivity index (χ1v) is 7.17. The van der Waals surface area contributed by atoms with Crippen molar-refractivity contribution in [3.05, 3.63) is 42.5 Å². The van der Waals surface area contributed by atoms with Crippen LogP contribution in [-0.2, 0) is 0 Å². The number of hydrogen-bond acceptors (Lipinski definition) is 4. The van der Waals surface area contributed by atoms with Gasteiger partial charge in [-0.1, -0.05) is 6.92 Å². The summed E-state index contributed by atoms with van der Waals surface area (Å²) in [5.74, 6) is 0.728. The minimum atomic E-state index is 0.664. The predicted molar refractivity (Wildman–Crippen MR) is 90.7 cm³/mol. The van der Waals surface area contributed by atoms with Gasteiger partial charge in [0.05, 0.1) is 12.3 Å². The van der Waals surface area contributed by atoms with E-state index in [-0.39, 0.29) is 0 Å². The first kappa shape index (κ1) is 15.0. The minimum Gasteiger partial charge on any atom is -0.491 e. The SMILES string of the molecule is CCCOc1cc(Nc2ccc(N(C)C)cc2)ccc1N. The van der Waals surface area contributed by atoms with E-state index in [9.17, 15) is 0 Å². The predicted octanol–water partition coefficient (Wildman–Crippen LogP) is 3.87. The van der Waals surface area contributed by atoms with E-state index in [1.165, 1.54) is 5.69 Å². The van der Waals surface area contributed by atoms with E-state index in [1.807, 2.05) is 32.3 Å². The van der Waals surface area contributed by atoms with E-state index in [0.717, 1.165) is 23.5 Å². The van der Waals surface area contributed by atoms with Crippen molar-refractivity contribution >= 4 is 22.7 Å². The molecule has 0 radical (unpaired) electrons. The average molecular weight is 285 g/mol. The molecule has 4 nitrogen and oxygen atoms in total. The molecule has 0 aliphatic heterocycles. The van der Waals surface area contributed by atoms with Crippen LogP contribution in [0.4, 0.5) is 22.7 Å². The molecule has 0 atom stereocenters. The summed E-state index contributed by atoms with van der Waals surface area (Å²) in [6, 6.07) is 14.0. The Morgan fingerprint density at radius 1 is 1.05 bits per heavy atom. The van der Waals surface area contributed by atoms with Gasteiger partial charge in [-0.15, -0.1) is 0 Å². The van der Waals surface area contributed by atoms with E-state index < -0.39 is 0 Å². The molecule has 0 unspecified atom stereocenters. The summed E-state index contributed by atoms with van der Waals surface area (Å²) in [7, 11) is 4.06. The number of ether oxygens (including phenoxy) is 1. The van der Waals surface area contributed by atoms with E-state index in [0.29, 0.717) is 12.3 Å². The summed E-state index contributed by atoms with van der Waals surface area (Å²) in [6.45, 7) is 2.75. The maximum Gasteiger partial charge on any atom is 0.144 e. The molecule has 2 aromatic rings.